The average molecular weight is 460 g/mol. The summed E-state index contributed by atoms with van der Waals surface area (Å²) < 4.78 is 34.3. The van der Waals surface area contributed by atoms with Crippen molar-refractivity contribution in [2.24, 2.45) is 0 Å². The Morgan fingerprint density at radius 3 is 2.47 bits per heavy atom. The Hall–Kier alpha value is -4.60. The van der Waals surface area contributed by atoms with Crippen molar-refractivity contribution < 1.29 is 13.2 Å². The van der Waals surface area contributed by atoms with Gasteiger partial charge < -0.3 is 9.73 Å². The van der Waals surface area contributed by atoms with Crippen LogP contribution in [-0.4, -0.2) is 14.8 Å². The molecule has 10 heteroatoms. The van der Waals surface area contributed by atoms with E-state index < -0.39 is 40.6 Å². The number of fused-ring (bicyclic) bond motifs is 1. The lowest BCUT2D eigenvalue weighted by atomic mass is 9.89. The van der Waals surface area contributed by atoms with Crippen molar-refractivity contribution in [3.05, 3.63) is 115 Å². The standard InChI is InChI=1S/C24H14F2N4O4/c25-12-7-5-11(6-8-12)19-21(30-23(32)14-3-1-2-4-17(14)34-24(30)33)20-18-15(22(31)29-28-20)9-13(26)10-16(18)27-19/h1-10,19,21,27H,(H,29,31). The number of nitrogens with one attached hydrogen (secondary N) is 2. The van der Waals surface area contributed by atoms with E-state index in [9.17, 15) is 23.2 Å². The van der Waals surface area contributed by atoms with Crippen molar-refractivity contribution in [2.75, 3.05) is 5.32 Å². The van der Waals surface area contributed by atoms with Crippen molar-refractivity contribution in [1.29, 1.82) is 0 Å². The molecule has 0 aliphatic carbocycles. The minimum atomic E-state index is -1.10. The summed E-state index contributed by atoms with van der Waals surface area (Å²) in [7, 11) is 0. The molecule has 1 aliphatic rings. The molecule has 3 heterocycles. The van der Waals surface area contributed by atoms with E-state index in [0.717, 1.165) is 10.6 Å². The molecule has 1 aliphatic heterocycles. The van der Waals surface area contributed by atoms with Gasteiger partial charge in [-0.25, -0.2) is 23.2 Å². The minimum Gasteiger partial charge on any atom is -0.409 e. The van der Waals surface area contributed by atoms with Gasteiger partial charge in [-0.2, -0.15) is 5.10 Å². The Balaban J connectivity index is 1.73. The van der Waals surface area contributed by atoms with Crippen molar-refractivity contribution in [3.8, 4) is 0 Å². The zero-order valence-corrected chi connectivity index (χ0v) is 17.2. The van der Waals surface area contributed by atoms with Gasteiger partial charge in [0.15, 0.2) is 0 Å². The van der Waals surface area contributed by atoms with E-state index in [2.05, 4.69) is 15.5 Å². The van der Waals surface area contributed by atoms with E-state index >= 15 is 0 Å². The van der Waals surface area contributed by atoms with Gasteiger partial charge >= 0.3 is 5.76 Å². The van der Waals surface area contributed by atoms with Gasteiger partial charge in [-0.3, -0.25) is 9.59 Å². The minimum absolute atomic E-state index is 0.00767. The number of aromatic amines is 1. The first-order valence-corrected chi connectivity index (χ1v) is 10.3. The fourth-order valence-electron chi connectivity index (χ4n) is 4.56. The lowest BCUT2D eigenvalue weighted by Gasteiger charge is -2.34. The molecule has 3 aromatic carbocycles. The molecule has 0 spiro atoms. The molecule has 5 aromatic rings. The molecule has 8 nitrogen and oxygen atoms in total. The third-order valence-electron chi connectivity index (χ3n) is 6.03. The van der Waals surface area contributed by atoms with E-state index in [-0.39, 0.29) is 33.1 Å². The van der Waals surface area contributed by atoms with Crippen molar-refractivity contribution in [3.63, 3.8) is 0 Å². The maximum absolute atomic E-state index is 14.3. The summed E-state index contributed by atoms with van der Waals surface area (Å²) >= 11 is 0. The molecule has 168 valence electrons. The number of benzene rings is 3. The second-order valence-corrected chi connectivity index (χ2v) is 7.97. The predicted molar refractivity (Wildman–Crippen MR) is 120 cm³/mol. The number of hydrogen-bond acceptors (Lipinski definition) is 6. The summed E-state index contributed by atoms with van der Waals surface area (Å²) in [5.41, 5.74) is -0.203. The van der Waals surface area contributed by atoms with Crippen molar-refractivity contribution in [1.82, 2.24) is 14.8 Å². The Morgan fingerprint density at radius 2 is 1.68 bits per heavy atom. The van der Waals surface area contributed by atoms with Gasteiger partial charge in [-0.05, 0) is 42.0 Å². The second-order valence-electron chi connectivity index (χ2n) is 7.97. The van der Waals surface area contributed by atoms with Crippen molar-refractivity contribution >= 4 is 27.4 Å². The number of para-hydroxylation sites is 1. The number of hydrogen-bond donors (Lipinski definition) is 2. The van der Waals surface area contributed by atoms with Gasteiger partial charge in [0.1, 0.15) is 23.3 Å². The summed E-state index contributed by atoms with van der Waals surface area (Å²) in [6.07, 6.45) is 0. The molecule has 6 rings (SSSR count). The number of H-pyrrole nitrogens is 1. The first kappa shape index (κ1) is 20.0. The van der Waals surface area contributed by atoms with Crippen LogP contribution in [0.15, 0.2) is 79.5 Å². The number of nitrogens with zero attached hydrogens (tertiary/aromatic N) is 2. The fraction of sp³-hybridized carbons (Fsp3) is 0.0833. The van der Waals surface area contributed by atoms with Gasteiger partial charge in [0.25, 0.3) is 11.1 Å². The molecule has 2 N–H and O–H groups in total. The lowest BCUT2D eigenvalue weighted by Crippen LogP contribution is -2.42. The van der Waals surface area contributed by atoms with Gasteiger partial charge in [-0.1, -0.05) is 24.3 Å². The van der Waals surface area contributed by atoms with Crippen LogP contribution in [0.3, 0.4) is 0 Å². The highest BCUT2D eigenvalue weighted by Crippen LogP contribution is 2.43. The smallest absolute Gasteiger partial charge is 0.409 e. The summed E-state index contributed by atoms with van der Waals surface area (Å²) in [6, 6.07) is 12.1. The largest absolute Gasteiger partial charge is 0.423 e. The lowest BCUT2D eigenvalue weighted by molar-refractivity contribution is 0.390. The first-order valence-electron chi connectivity index (χ1n) is 10.3. The summed E-state index contributed by atoms with van der Waals surface area (Å²) in [5.74, 6) is -2.07. The monoisotopic (exact) mass is 460 g/mol. The molecule has 0 saturated heterocycles. The van der Waals surface area contributed by atoms with E-state index in [4.69, 9.17) is 4.42 Å². The molecular formula is C24H14F2N4O4. The molecule has 2 aromatic heterocycles. The highest BCUT2D eigenvalue weighted by Gasteiger charge is 2.37. The van der Waals surface area contributed by atoms with Gasteiger partial charge in [0.2, 0.25) is 0 Å². The molecule has 2 atom stereocenters. The van der Waals surface area contributed by atoms with Crippen LogP contribution in [0.4, 0.5) is 14.5 Å². The second kappa shape index (κ2) is 7.20. The zero-order chi connectivity index (χ0) is 23.6. The maximum atomic E-state index is 14.3. The topological polar surface area (TPSA) is 110 Å². The highest BCUT2D eigenvalue weighted by molar-refractivity contribution is 5.97. The van der Waals surface area contributed by atoms with Gasteiger partial charge in [0.05, 0.1) is 22.5 Å². The number of aromatic nitrogens is 3. The number of anilines is 1. The van der Waals surface area contributed by atoms with E-state index in [0.29, 0.717) is 5.56 Å². The van der Waals surface area contributed by atoms with Crippen LogP contribution in [0.2, 0.25) is 0 Å². The Kier molecular flexibility index (Phi) is 4.25. The predicted octanol–water partition coefficient (Wildman–Crippen LogP) is 3.23. The molecule has 0 saturated carbocycles. The van der Waals surface area contributed by atoms with Crippen LogP contribution < -0.4 is 22.2 Å². The van der Waals surface area contributed by atoms with Gasteiger partial charge in [0, 0.05) is 11.1 Å². The summed E-state index contributed by atoms with van der Waals surface area (Å²) in [6.45, 7) is 0. The molecule has 0 bridgehead atoms. The first-order chi connectivity index (χ1) is 16.4. The SMILES string of the molecule is O=c1[nH]nc2c3c(cc(F)cc13)NC(c1ccc(F)cc1)C2n1c(=O)oc2ccccc2c1=O. The van der Waals surface area contributed by atoms with Crippen LogP contribution >= 0.6 is 0 Å². The fourth-order valence-corrected chi connectivity index (χ4v) is 4.56. The van der Waals surface area contributed by atoms with Crippen LogP contribution in [0.1, 0.15) is 23.3 Å². The van der Waals surface area contributed by atoms with Gasteiger partial charge in [-0.15, -0.1) is 0 Å². The maximum Gasteiger partial charge on any atom is 0.423 e. The normalized spacial score (nSPS) is 17.1. The third-order valence-corrected chi connectivity index (χ3v) is 6.03. The molecular weight excluding hydrogens is 446 g/mol. The molecule has 2 unspecified atom stereocenters. The third kappa shape index (κ3) is 2.88. The molecule has 34 heavy (non-hydrogen) atoms. The van der Waals surface area contributed by atoms with Crippen LogP contribution in [-0.2, 0) is 0 Å². The van der Waals surface area contributed by atoms with E-state index in [1.807, 2.05) is 0 Å². The van der Waals surface area contributed by atoms with E-state index in [1.165, 1.54) is 42.5 Å². The number of rotatable bonds is 2. The number of halogens is 2. The van der Waals surface area contributed by atoms with Crippen LogP contribution in [0.25, 0.3) is 21.7 Å². The Morgan fingerprint density at radius 1 is 0.912 bits per heavy atom. The highest BCUT2D eigenvalue weighted by atomic mass is 19.1. The quantitative estimate of drug-likeness (QED) is 0.419. The average Bonchev–Trinajstić information content (AvgIpc) is 2.82. The van der Waals surface area contributed by atoms with E-state index in [1.54, 1.807) is 12.1 Å². The molecule has 0 radical (unpaired) electrons. The van der Waals surface area contributed by atoms with Crippen molar-refractivity contribution in [2.45, 2.75) is 12.1 Å². The Labute approximate surface area is 188 Å². The molecule has 0 amide bonds. The zero-order valence-electron chi connectivity index (χ0n) is 17.2. The Bertz CT molecular complexity index is 1790. The summed E-state index contributed by atoms with van der Waals surface area (Å²) in [5, 5.41) is 10.1. The molecule has 0 fully saturated rings. The van der Waals surface area contributed by atoms with Crippen LogP contribution in [0.5, 0.6) is 0 Å². The summed E-state index contributed by atoms with van der Waals surface area (Å²) in [4.78, 5) is 39.0. The van der Waals surface area contributed by atoms with Crippen LogP contribution in [0, 0.1) is 11.6 Å².